The van der Waals surface area contributed by atoms with Gasteiger partial charge in [-0.2, -0.15) is 0 Å². The van der Waals surface area contributed by atoms with E-state index in [2.05, 4.69) is 158 Å². The van der Waals surface area contributed by atoms with Crippen molar-refractivity contribution in [2.45, 2.75) is 12.8 Å². The van der Waals surface area contributed by atoms with Crippen LogP contribution >= 0.6 is 0 Å². The first-order chi connectivity index (χ1) is 24.8. The van der Waals surface area contributed by atoms with Gasteiger partial charge < -0.3 is 0 Å². The average molecular weight is 638 g/mol. The molecule has 0 N–H and O–H groups in total. The maximum atomic E-state index is 5.33. The van der Waals surface area contributed by atoms with Gasteiger partial charge in [-0.1, -0.05) is 133 Å². The minimum Gasteiger partial charge on any atom is -0.256 e. The molecular formula is C47H31N3. The molecule has 0 atom stereocenters. The quantitative estimate of drug-likeness (QED) is 0.180. The molecular weight excluding hydrogens is 607 g/mol. The number of allylic oxidation sites excluding steroid dienone is 1. The Morgan fingerprint density at radius 2 is 0.980 bits per heavy atom. The van der Waals surface area contributed by atoms with Crippen LogP contribution in [0, 0.1) is 0 Å². The molecule has 2 aromatic heterocycles. The van der Waals surface area contributed by atoms with E-state index in [-0.39, 0.29) is 0 Å². The number of aromatic nitrogens is 3. The van der Waals surface area contributed by atoms with Crippen LogP contribution in [0.2, 0.25) is 0 Å². The number of fused-ring (bicyclic) bond motifs is 7. The number of nitrogens with zero attached hydrogens (tertiary/aromatic N) is 3. The van der Waals surface area contributed by atoms with Gasteiger partial charge in [-0.05, 0) is 85.8 Å². The molecule has 3 heteroatoms. The maximum absolute atomic E-state index is 5.33. The Morgan fingerprint density at radius 1 is 0.460 bits per heavy atom. The van der Waals surface area contributed by atoms with E-state index in [1.165, 1.54) is 54.2 Å². The molecule has 3 nitrogen and oxygen atoms in total. The Bertz CT molecular complexity index is 2680. The zero-order valence-corrected chi connectivity index (χ0v) is 27.3. The lowest BCUT2D eigenvalue weighted by molar-refractivity contribution is 0.978. The summed E-state index contributed by atoms with van der Waals surface area (Å²) in [5.41, 5.74) is 9.64. The lowest BCUT2D eigenvalue weighted by Crippen LogP contribution is -1.99. The standard InChI is InChI=1S/C47H31N3/c1-6-16-37-30(11-1)25-26-48-46(37)31-21-23-32(24-22-31)47-49-44(42-27-33-12-2-4-14-35(33)38-17-7-9-19-40(38)42)29-45(50-47)43-28-34-13-3-5-15-36(34)39-18-8-10-20-41(39)43/h2-10,12-29H,1,11H2. The molecule has 0 spiro atoms. The van der Waals surface area contributed by atoms with Crippen molar-refractivity contribution in [3.63, 3.8) is 0 Å². The fourth-order valence-corrected chi connectivity index (χ4v) is 7.75. The summed E-state index contributed by atoms with van der Waals surface area (Å²) in [4.78, 5) is 15.5. The van der Waals surface area contributed by atoms with Crippen LogP contribution < -0.4 is 0 Å². The van der Waals surface area contributed by atoms with Crippen LogP contribution in [0.1, 0.15) is 17.5 Å². The first kappa shape index (κ1) is 28.6. The van der Waals surface area contributed by atoms with Crippen molar-refractivity contribution in [3.8, 4) is 45.2 Å². The minimum atomic E-state index is 0.696. The fourth-order valence-electron chi connectivity index (χ4n) is 7.75. The molecule has 0 aliphatic heterocycles. The SMILES string of the molecule is C1=Cc2c(ccnc2-c2ccc(-c3nc(-c4cc5ccccc5c5ccccc45)cc(-c4cc5ccccc5c5ccccc45)n3)cc2)CC1. The third-order valence-electron chi connectivity index (χ3n) is 10.2. The van der Waals surface area contributed by atoms with Crippen LogP contribution in [0.25, 0.3) is 94.3 Å². The summed E-state index contributed by atoms with van der Waals surface area (Å²) in [5, 5.41) is 9.65. The fraction of sp³-hybridized carbons (Fsp3) is 0.0426. The number of hydrogen-bond donors (Lipinski definition) is 0. The molecule has 0 saturated heterocycles. The number of aryl methyl sites for hydroxylation is 1. The summed E-state index contributed by atoms with van der Waals surface area (Å²) in [6.07, 6.45) is 8.52. The number of rotatable bonds is 4. The topological polar surface area (TPSA) is 38.7 Å². The normalized spacial score (nSPS) is 12.6. The van der Waals surface area contributed by atoms with Gasteiger partial charge in [-0.3, -0.25) is 4.98 Å². The largest absolute Gasteiger partial charge is 0.256 e. The second-order valence-electron chi connectivity index (χ2n) is 13.1. The first-order valence-corrected chi connectivity index (χ1v) is 17.2. The predicted octanol–water partition coefficient (Wildman–Crippen LogP) is 12.1. The van der Waals surface area contributed by atoms with Crippen LogP contribution in [0.15, 0.2) is 158 Å². The molecule has 1 aliphatic carbocycles. The van der Waals surface area contributed by atoms with Crippen molar-refractivity contribution in [1.29, 1.82) is 0 Å². The molecule has 50 heavy (non-hydrogen) atoms. The van der Waals surface area contributed by atoms with E-state index in [1.807, 2.05) is 6.20 Å². The second kappa shape index (κ2) is 11.6. The van der Waals surface area contributed by atoms with E-state index < -0.39 is 0 Å². The maximum Gasteiger partial charge on any atom is 0.160 e. The number of hydrogen-bond acceptors (Lipinski definition) is 3. The van der Waals surface area contributed by atoms with Gasteiger partial charge in [0.1, 0.15) is 0 Å². The predicted molar refractivity (Wildman–Crippen MR) is 209 cm³/mol. The van der Waals surface area contributed by atoms with Crippen molar-refractivity contribution in [2.75, 3.05) is 0 Å². The molecule has 0 fully saturated rings. The van der Waals surface area contributed by atoms with E-state index in [0.29, 0.717) is 5.82 Å². The Morgan fingerprint density at radius 3 is 1.58 bits per heavy atom. The third-order valence-corrected chi connectivity index (χ3v) is 10.2. The highest BCUT2D eigenvalue weighted by molar-refractivity contribution is 6.15. The Balaban J connectivity index is 1.21. The first-order valence-electron chi connectivity index (χ1n) is 17.2. The van der Waals surface area contributed by atoms with E-state index in [4.69, 9.17) is 15.0 Å². The molecule has 0 saturated carbocycles. The Hall–Kier alpha value is -6.45. The highest BCUT2D eigenvalue weighted by Gasteiger charge is 2.18. The molecule has 1 aliphatic rings. The zero-order valence-electron chi connectivity index (χ0n) is 27.3. The lowest BCUT2D eigenvalue weighted by Gasteiger charge is -2.16. The summed E-state index contributed by atoms with van der Waals surface area (Å²) < 4.78 is 0. The molecule has 10 rings (SSSR count). The molecule has 0 unspecified atom stereocenters. The van der Waals surface area contributed by atoms with Crippen molar-refractivity contribution < 1.29 is 0 Å². The molecule has 234 valence electrons. The van der Waals surface area contributed by atoms with Crippen LogP contribution in [-0.2, 0) is 6.42 Å². The van der Waals surface area contributed by atoms with Crippen LogP contribution in [0.3, 0.4) is 0 Å². The van der Waals surface area contributed by atoms with E-state index >= 15 is 0 Å². The van der Waals surface area contributed by atoms with E-state index in [1.54, 1.807) is 0 Å². The molecule has 0 amide bonds. The molecule has 0 radical (unpaired) electrons. The zero-order chi connectivity index (χ0) is 33.0. The summed E-state index contributed by atoms with van der Waals surface area (Å²) in [7, 11) is 0. The van der Waals surface area contributed by atoms with Crippen molar-refractivity contribution in [2.24, 2.45) is 0 Å². The van der Waals surface area contributed by atoms with Crippen LogP contribution in [0.5, 0.6) is 0 Å². The smallest absolute Gasteiger partial charge is 0.160 e. The van der Waals surface area contributed by atoms with E-state index in [9.17, 15) is 0 Å². The molecule has 2 heterocycles. The highest BCUT2D eigenvalue weighted by atomic mass is 14.9. The van der Waals surface area contributed by atoms with Crippen LogP contribution in [0.4, 0.5) is 0 Å². The summed E-state index contributed by atoms with van der Waals surface area (Å²) in [6.45, 7) is 0. The summed E-state index contributed by atoms with van der Waals surface area (Å²) >= 11 is 0. The van der Waals surface area contributed by atoms with E-state index in [0.717, 1.165) is 52.2 Å². The third kappa shape index (κ3) is 4.70. The Kier molecular flexibility index (Phi) is 6.63. The van der Waals surface area contributed by atoms with Gasteiger partial charge >= 0.3 is 0 Å². The summed E-state index contributed by atoms with van der Waals surface area (Å²) in [6, 6.07) is 52.0. The van der Waals surface area contributed by atoms with Crippen molar-refractivity contribution in [3.05, 3.63) is 169 Å². The van der Waals surface area contributed by atoms with Crippen molar-refractivity contribution in [1.82, 2.24) is 15.0 Å². The summed E-state index contributed by atoms with van der Waals surface area (Å²) in [5.74, 6) is 0.696. The monoisotopic (exact) mass is 637 g/mol. The van der Waals surface area contributed by atoms with Crippen LogP contribution in [-0.4, -0.2) is 15.0 Å². The van der Waals surface area contributed by atoms with Gasteiger partial charge in [0.25, 0.3) is 0 Å². The van der Waals surface area contributed by atoms with Gasteiger partial charge in [0, 0.05) is 34.0 Å². The Labute approximate surface area is 290 Å². The van der Waals surface area contributed by atoms with Crippen molar-refractivity contribution >= 4 is 49.2 Å². The molecule has 0 bridgehead atoms. The highest BCUT2D eigenvalue weighted by Crippen LogP contribution is 2.39. The van der Waals surface area contributed by atoms with Gasteiger partial charge in [-0.25, -0.2) is 9.97 Å². The number of pyridine rings is 1. The second-order valence-corrected chi connectivity index (χ2v) is 13.1. The van der Waals surface area contributed by atoms with Gasteiger partial charge in [0.2, 0.25) is 0 Å². The molecule has 7 aromatic carbocycles. The van der Waals surface area contributed by atoms with Gasteiger partial charge in [0.05, 0.1) is 17.1 Å². The van der Waals surface area contributed by atoms with Gasteiger partial charge in [0.15, 0.2) is 5.82 Å². The molecule has 9 aromatic rings. The van der Waals surface area contributed by atoms with Gasteiger partial charge in [-0.15, -0.1) is 0 Å². The average Bonchev–Trinajstić information content (AvgIpc) is 3.20. The minimum absolute atomic E-state index is 0.696. The number of benzene rings is 7. The lowest BCUT2D eigenvalue weighted by atomic mass is 9.93.